The van der Waals surface area contributed by atoms with E-state index in [9.17, 15) is 10.2 Å². The molecule has 0 amide bonds. The number of hydrogen-bond acceptors (Lipinski definition) is 3. The number of fused-ring (bicyclic) bond motifs is 1. The Kier molecular flexibility index (Phi) is 2.33. The summed E-state index contributed by atoms with van der Waals surface area (Å²) in [5.41, 5.74) is 1.59. The van der Waals surface area contributed by atoms with Crippen LogP contribution in [0.25, 0.3) is 0 Å². The van der Waals surface area contributed by atoms with E-state index in [4.69, 9.17) is 4.74 Å². The summed E-state index contributed by atoms with van der Waals surface area (Å²) in [6, 6.07) is 3.69. The standard InChI is InChI=1S/C11H14O3/c1-2-3-7-4-5-8-9(12)6-14-11(8)10(7)13/h4-5,9,12-13H,2-3,6H2,1H3. The summed E-state index contributed by atoms with van der Waals surface area (Å²) < 4.78 is 5.23. The van der Waals surface area contributed by atoms with Crippen LogP contribution in [0.4, 0.5) is 0 Å². The van der Waals surface area contributed by atoms with Gasteiger partial charge in [0.15, 0.2) is 11.5 Å². The third kappa shape index (κ3) is 1.34. The highest BCUT2D eigenvalue weighted by Crippen LogP contribution is 2.41. The molecule has 1 aliphatic heterocycles. The molecule has 0 saturated heterocycles. The fraction of sp³-hybridized carbons (Fsp3) is 0.455. The van der Waals surface area contributed by atoms with Gasteiger partial charge in [-0.05, 0) is 12.0 Å². The van der Waals surface area contributed by atoms with E-state index in [2.05, 4.69) is 6.92 Å². The van der Waals surface area contributed by atoms with Crippen molar-refractivity contribution in [2.45, 2.75) is 25.9 Å². The Balaban J connectivity index is 2.42. The molecule has 76 valence electrons. The smallest absolute Gasteiger partial charge is 0.167 e. The van der Waals surface area contributed by atoms with Crippen LogP contribution in [0.1, 0.15) is 30.6 Å². The number of aliphatic hydroxyl groups excluding tert-OH is 1. The molecular formula is C11H14O3. The van der Waals surface area contributed by atoms with Gasteiger partial charge in [-0.3, -0.25) is 0 Å². The lowest BCUT2D eigenvalue weighted by atomic mass is 10.0. The SMILES string of the molecule is CCCc1ccc2c(c1O)OCC2O. The van der Waals surface area contributed by atoms with E-state index in [1.807, 2.05) is 12.1 Å². The summed E-state index contributed by atoms with van der Waals surface area (Å²) in [4.78, 5) is 0. The zero-order chi connectivity index (χ0) is 10.1. The predicted octanol–water partition coefficient (Wildman–Crippen LogP) is 1.77. The highest BCUT2D eigenvalue weighted by molar-refractivity contribution is 5.53. The number of aryl methyl sites for hydroxylation is 1. The van der Waals surface area contributed by atoms with Crippen LogP contribution in [0.15, 0.2) is 12.1 Å². The molecule has 1 atom stereocenters. The van der Waals surface area contributed by atoms with E-state index in [1.165, 1.54) is 0 Å². The van der Waals surface area contributed by atoms with E-state index in [0.717, 1.165) is 18.4 Å². The molecule has 0 radical (unpaired) electrons. The molecule has 1 unspecified atom stereocenters. The molecule has 0 aliphatic carbocycles. The molecule has 0 fully saturated rings. The molecule has 14 heavy (non-hydrogen) atoms. The fourth-order valence-electron chi connectivity index (χ4n) is 1.76. The number of hydrogen-bond donors (Lipinski definition) is 2. The zero-order valence-electron chi connectivity index (χ0n) is 8.16. The molecule has 1 aromatic rings. The third-order valence-electron chi connectivity index (χ3n) is 2.51. The highest BCUT2D eigenvalue weighted by atomic mass is 16.5. The quantitative estimate of drug-likeness (QED) is 0.754. The van der Waals surface area contributed by atoms with Crippen LogP contribution in [-0.4, -0.2) is 16.8 Å². The summed E-state index contributed by atoms with van der Waals surface area (Å²) in [5.74, 6) is 0.657. The van der Waals surface area contributed by atoms with Crippen molar-refractivity contribution in [3.05, 3.63) is 23.3 Å². The molecule has 1 aliphatic rings. The van der Waals surface area contributed by atoms with Gasteiger partial charge in [0.25, 0.3) is 0 Å². The number of aliphatic hydroxyl groups is 1. The molecule has 0 spiro atoms. The monoisotopic (exact) mass is 194 g/mol. The van der Waals surface area contributed by atoms with Crippen molar-refractivity contribution >= 4 is 0 Å². The van der Waals surface area contributed by atoms with Gasteiger partial charge >= 0.3 is 0 Å². The summed E-state index contributed by atoms with van der Waals surface area (Å²) in [6.45, 7) is 2.31. The molecule has 0 bridgehead atoms. The van der Waals surface area contributed by atoms with E-state index in [-0.39, 0.29) is 12.4 Å². The molecule has 2 rings (SSSR count). The van der Waals surface area contributed by atoms with Crippen LogP contribution in [0.5, 0.6) is 11.5 Å². The number of phenols is 1. The highest BCUT2D eigenvalue weighted by Gasteiger charge is 2.25. The second-order valence-corrected chi connectivity index (χ2v) is 3.57. The Labute approximate surface area is 83.0 Å². The Hall–Kier alpha value is -1.22. The van der Waals surface area contributed by atoms with Crippen molar-refractivity contribution in [3.8, 4) is 11.5 Å². The maximum atomic E-state index is 9.82. The maximum Gasteiger partial charge on any atom is 0.167 e. The molecule has 0 saturated carbocycles. The van der Waals surface area contributed by atoms with E-state index in [0.29, 0.717) is 11.3 Å². The molecule has 2 N–H and O–H groups in total. The number of rotatable bonds is 2. The van der Waals surface area contributed by atoms with Crippen LogP contribution in [0, 0.1) is 0 Å². The maximum absolute atomic E-state index is 9.82. The number of ether oxygens (including phenoxy) is 1. The van der Waals surface area contributed by atoms with Gasteiger partial charge in [0, 0.05) is 5.56 Å². The van der Waals surface area contributed by atoms with Gasteiger partial charge in [-0.1, -0.05) is 25.5 Å². The van der Waals surface area contributed by atoms with Crippen LogP contribution in [-0.2, 0) is 6.42 Å². The van der Waals surface area contributed by atoms with Gasteiger partial charge in [-0.2, -0.15) is 0 Å². The number of aromatic hydroxyl groups is 1. The van der Waals surface area contributed by atoms with Gasteiger partial charge < -0.3 is 14.9 Å². The molecule has 0 aromatic heterocycles. The van der Waals surface area contributed by atoms with E-state index in [1.54, 1.807) is 0 Å². The van der Waals surface area contributed by atoms with Crippen molar-refractivity contribution in [3.63, 3.8) is 0 Å². The Morgan fingerprint density at radius 2 is 2.29 bits per heavy atom. The lowest BCUT2D eigenvalue weighted by Crippen LogP contribution is -1.97. The zero-order valence-corrected chi connectivity index (χ0v) is 8.16. The normalized spacial score (nSPS) is 19.1. The summed E-state index contributed by atoms with van der Waals surface area (Å²) in [5, 5.41) is 19.3. The minimum Gasteiger partial charge on any atom is -0.504 e. The summed E-state index contributed by atoms with van der Waals surface area (Å²) >= 11 is 0. The lowest BCUT2D eigenvalue weighted by molar-refractivity contribution is 0.139. The second kappa shape index (κ2) is 3.50. The van der Waals surface area contributed by atoms with Crippen molar-refractivity contribution in [2.75, 3.05) is 6.61 Å². The van der Waals surface area contributed by atoms with Gasteiger partial charge in [-0.15, -0.1) is 0 Å². The Bertz CT molecular complexity index is 347. The topological polar surface area (TPSA) is 49.7 Å². The first-order chi connectivity index (χ1) is 6.74. The average Bonchev–Trinajstić information content (AvgIpc) is 2.54. The van der Waals surface area contributed by atoms with Crippen LogP contribution in [0.3, 0.4) is 0 Å². The fourth-order valence-corrected chi connectivity index (χ4v) is 1.76. The van der Waals surface area contributed by atoms with E-state index < -0.39 is 6.10 Å². The first-order valence-electron chi connectivity index (χ1n) is 4.89. The molecule has 3 nitrogen and oxygen atoms in total. The number of benzene rings is 1. The van der Waals surface area contributed by atoms with Crippen molar-refractivity contribution in [1.82, 2.24) is 0 Å². The van der Waals surface area contributed by atoms with Crippen LogP contribution < -0.4 is 4.74 Å². The molecular weight excluding hydrogens is 180 g/mol. The predicted molar refractivity (Wildman–Crippen MR) is 52.6 cm³/mol. The van der Waals surface area contributed by atoms with Crippen molar-refractivity contribution in [2.24, 2.45) is 0 Å². The van der Waals surface area contributed by atoms with Gasteiger partial charge in [0.1, 0.15) is 12.7 Å². The minimum atomic E-state index is -0.591. The van der Waals surface area contributed by atoms with Gasteiger partial charge in [0.05, 0.1) is 0 Å². The molecule has 3 heteroatoms. The second-order valence-electron chi connectivity index (χ2n) is 3.57. The van der Waals surface area contributed by atoms with Gasteiger partial charge in [0.2, 0.25) is 0 Å². The molecule has 1 heterocycles. The number of phenolic OH excluding ortho intramolecular Hbond substituents is 1. The third-order valence-corrected chi connectivity index (χ3v) is 2.51. The van der Waals surface area contributed by atoms with Gasteiger partial charge in [-0.25, -0.2) is 0 Å². The summed E-state index contributed by atoms with van der Waals surface area (Å²) in [7, 11) is 0. The largest absolute Gasteiger partial charge is 0.504 e. The van der Waals surface area contributed by atoms with Crippen molar-refractivity contribution < 1.29 is 14.9 Å². The Morgan fingerprint density at radius 3 is 3.00 bits per heavy atom. The average molecular weight is 194 g/mol. The molecule has 1 aromatic carbocycles. The minimum absolute atomic E-state index is 0.195. The summed E-state index contributed by atoms with van der Waals surface area (Å²) in [6.07, 6.45) is 1.22. The first-order valence-corrected chi connectivity index (χ1v) is 4.89. The van der Waals surface area contributed by atoms with Crippen LogP contribution in [0.2, 0.25) is 0 Å². The van der Waals surface area contributed by atoms with E-state index >= 15 is 0 Å². The first kappa shape index (κ1) is 9.34. The Morgan fingerprint density at radius 1 is 1.50 bits per heavy atom. The van der Waals surface area contributed by atoms with Crippen molar-refractivity contribution in [1.29, 1.82) is 0 Å². The lowest BCUT2D eigenvalue weighted by Gasteiger charge is -2.07. The van der Waals surface area contributed by atoms with Crippen LogP contribution >= 0.6 is 0 Å².